The molecule has 21 heavy (non-hydrogen) atoms. The van der Waals surface area contributed by atoms with Gasteiger partial charge in [0.1, 0.15) is 4.91 Å². The molecule has 2 aromatic rings. The Labute approximate surface area is 140 Å². The second kappa shape index (κ2) is 7.68. The van der Waals surface area contributed by atoms with Crippen LogP contribution < -0.4 is 15.8 Å². The SMILES string of the molecule is N.O=[N+](Oc1ccc(Cl)cc1Cl)Oc1ccc(Cl)cc1Cl. The van der Waals surface area contributed by atoms with Gasteiger partial charge < -0.3 is 6.15 Å². The maximum Gasteiger partial charge on any atom is 0.489 e. The fraction of sp³-hybridized carbons (Fsp3) is 0. The second-order valence-electron chi connectivity index (χ2n) is 3.56. The number of nitrogens with zero attached hydrogens (tertiary/aromatic N) is 1. The lowest BCUT2D eigenvalue weighted by atomic mass is 10.3. The molecule has 5 nitrogen and oxygen atoms in total. The summed E-state index contributed by atoms with van der Waals surface area (Å²) < 4.78 is 0. The molecule has 0 aliphatic rings. The lowest BCUT2D eigenvalue weighted by Gasteiger charge is -1.99. The number of hydrogen-bond acceptors (Lipinski definition) is 4. The maximum absolute atomic E-state index is 11.5. The van der Waals surface area contributed by atoms with Crippen LogP contribution in [-0.4, -0.2) is 5.09 Å². The van der Waals surface area contributed by atoms with Crippen molar-refractivity contribution >= 4 is 46.4 Å². The fourth-order valence-electron chi connectivity index (χ4n) is 1.28. The lowest BCUT2D eigenvalue weighted by molar-refractivity contribution is -0.920. The van der Waals surface area contributed by atoms with Crippen LogP contribution in [0.15, 0.2) is 36.4 Å². The van der Waals surface area contributed by atoms with Crippen molar-refractivity contribution in [1.29, 1.82) is 0 Å². The van der Waals surface area contributed by atoms with Gasteiger partial charge in [0.05, 0.1) is 10.0 Å². The first-order chi connectivity index (χ1) is 9.45. The van der Waals surface area contributed by atoms with Gasteiger partial charge in [0, 0.05) is 10.0 Å². The van der Waals surface area contributed by atoms with E-state index in [2.05, 4.69) is 0 Å². The fourth-order valence-corrected chi connectivity index (χ4v) is 2.16. The molecule has 0 aliphatic carbocycles. The summed E-state index contributed by atoms with van der Waals surface area (Å²) in [7, 11) is 0. The summed E-state index contributed by atoms with van der Waals surface area (Å²) in [6.45, 7) is 0. The number of rotatable bonds is 4. The molecule has 0 unspecified atom stereocenters. The van der Waals surface area contributed by atoms with Crippen molar-refractivity contribution in [2.45, 2.75) is 0 Å². The Kier molecular flexibility index (Phi) is 6.51. The zero-order valence-electron chi connectivity index (χ0n) is 10.4. The van der Waals surface area contributed by atoms with Gasteiger partial charge in [-0.15, -0.1) is 9.68 Å². The minimum Gasteiger partial charge on any atom is -0.344 e. The Morgan fingerprint density at radius 2 is 1.14 bits per heavy atom. The van der Waals surface area contributed by atoms with Gasteiger partial charge in [-0.1, -0.05) is 46.4 Å². The van der Waals surface area contributed by atoms with Crippen LogP contribution in [0.2, 0.25) is 20.1 Å². The predicted molar refractivity (Wildman–Crippen MR) is 82.8 cm³/mol. The first-order valence-corrected chi connectivity index (χ1v) is 6.70. The molecule has 0 heterocycles. The number of hydrogen-bond donors (Lipinski definition) is 1. The second-order valence-corrected chi connectivity index (χ2v) is 5.24. The summed E-state index contributed by atoms with van der Waals surface area (Å²) >= 11 is 23.2. The average molecular weight is 371 g/mol. The van der Waals surface area contributed by atoms with Crippen LogP contribution in [0.25, 0.3) is 0 Å². The van der Waals surface area contributed by atoms with Crippen LogP contribution in [0, 0.1) is 4.91 Å². The molecule has 2 rings (SSSR count). The third-order valence-corrected chi connectivity index (χ3v) is 3.19. The average Bonchev–Trinajstić information content (AvgIpc) is 2.36. The molecular weight excluding hydrogens is 362 g/mol. The van der Waals surface area contributed by atoms with E-state index >= 15 is 0 Å². The predicted octanol–water partition coefficient (Wildman–Crippen LogP) is 5.53. The highest BCUT2D eigenvalue weighted by Gasteiger charge is 2.21. The molecule has 2 aromatic carbocycles. The summed E-state index contributed by atoms with van der Waals surface area (Å²) in [6, 6.07) is 8.77. The highest BCUT2D eigenvalue weighted by Crippen LogP contribution is 2.30. The smallest absolute Gasteiger partial charge is 0.344 e. The van der Waals surface area contributed by atoms with Crippen molar-refractivity contribution in [3.05, 3.63) is 61.4 Å². The highest BCUT2D eigenvalue weighted by atomic mass is 35.5. The van der Waals surface area contributed by atoms with Crippen LogP contribution >= 0.6 is 46.4 Å². The molecule has 0 radical (unpaired) electrons. The Morgan fingerprint density at radius 1 is 0.762 bits per heavy atom. The molecule has 0 aliphatic heterocycles. The summed E-state index contributed by atoms with van der Waals surface area (Å²) in [5, 5.41) is 1.06. The van der Waals surface area contributed by atoms with E-state index in [-0.39, 0.29) is 32.8 Å². The van der Waals surface area contributed by atoms with Crippen molar-refractivity contribution < 1.29 is 14.8 Å². The normalized spacial score (nSPS) is 9.71. The topological polar surface area (TPSA) is 73.5 Å². The van der Waals surface area contributed by atoms with Gasteiger partial charge in [-0.25, -0.2) is 0 Å². The monoisotopic (exact) mass is 369 g/mol. The Balaban J connectivity index is 0.00000220. The molecule has 0 saturated heterocycles. The van der Waals surface area contributed by atoms with Gasteiger partial charge in [-0.05, 0) is 36.4 Å². The highest BCUT2D eigenvalue weighted by molar-refractivity contribution is 6.36. The summed E-state index contributed by atoms with van der Waals surface area (Å²) in [4.78, 5) is 21.3. The van der Waals surface area contributed by atoms with E-state index in [9.17, 15) is 4.91 Å². The number of benzene rings is 2. The Bertz CT molecular complexity index is 611. The quantitative estimate of drug-likeness (QED) is 0.718. The van der Waals surface area contributed by atoms with E-state index in [4.69, 9.17) is 56.1 Å². The maximum atomic E-state index is 11.5. The van der Waals surface area contributed by atoms with E-state index < -0.39 is 0 Å². The molecule has 0 atom stereocenters. The molecule has 0 aromatic heterocycles. The molecule has 112 valence electrons. The van der Waals surface area contributed by atoms with E-state index in [1.807, 2.05) is 0 Å². The van der Waals surface area contributed by atoms with Crippen LogP contribution in [0.1, 0.15) is 0 Å². The Morgan fingerprint density at radius 3 is 1.48 bits per heavy atom. The van der Waals surface area contributed by atoms with Crippen molar-refractivity contribution in [1.82, 2.24) is 6.15 Å². The van der Waals surface area contributed by atoms with Gasteiger partial charge >= 0.3 is 5.09 Å². The van der Waals surface area contributed by atoms with Crippen LogP contribution in [-0.2, 0) is 0 Å². The first kappa shape index (κ1) is 17.8. The van der Waals surface area contributed by atoms with E-state index in [0.717, 1.165) is 0 Å². The summed E-state index contributed by atoms with van der Waals surface area (Å²) in [6.07, 6.45) is 0. The molecule has 0 spiro atoms. The summed E-state index contributed by atoms with van der Waals surface area (Å²) in [5.41, 5.74) is 0. The Hall–Kier alpha value is -1.24. The molecule has 0 bridgehead atoms. The lowest BCUT2D eigenvalue weighted by Crippen LogP contribution is -2.17. The van der Waals surface area contributed by atoms with E-state index in [0.29, 0.717) is 10.0 Å². The molecule has 0 amide bonds. The van der Waals surface area contributed by atoms with Gasteiger partial charge in [-0.3, -0.25) is 0 Å². The molecule has 0 fully saturated rings. The van der Waals surface area contributed by atoms with E-state index in [1.165, 1.54) is 36.4 Å². The van der Waals surface area contributed by atoms with Gasteiger partial charge in [-0.2, -0.15) is 0 Å². The zero-order valence-corrected chi connectivity index (χ0v) is 13.4. The van der Waals surface area contributed by atoms with Crippen molar-refractivity contribution in [2.75, 3.05) is 0 Å². The van der Waals surface area contributed by atoms with E-state index in [1.54, 1.807) is 0 Å². The number of halogens is 4. The third-order valence-electron chi connectivity index (χ3n) is 2.13. The first-order valence-electron chi connectivity index (χ1n) is 5.19. The molecule has 3 N–H and O–H groups in total. The minimum atomic E-state index is -0.121. The van der Waals surface area contributed by atoms with Crippen LogP contribution in [0.5, 0.6) is 11.5 Å². The zero-order chi connectivity index (χ0) is 14.7. The van der Waals surface area contributed by atoms with Crippen LogP contribution in [0.4, 0.5) is 0 Å². The molecular formula is C12H9Cl4N2O3+. The summed E-state index contributed by atoms with van der Waals surface area (Å²) in [5.74, 6) is 0.187. The third kappa shape index (κ3) is 4.91. The van der Waals surface area contributed by atoms with Crippen LogP contribution in [0.3, 0.4) is 0 Å². The van der Waals surface area contributed by atoms with Gasteiger partial charge in [0.15, 0.2) is 0 Å². The molecule has 9 heteroatoms. The van der Waals surface area contributed by atoms with Crippen molar-refractivity contribution in [3.63, 3.8) is 0 Å². The standard InChI is InChI=1S/C12H6Cl4NO3.H3N/c13-7-1-3-11(9(15)5-7)19-17(18)20-12-4-2-8(14)6-10(12)16;/h1-6H;1H3/q+1;. The van der Waals surface area contributed by atoms with Gasteiger partial charge in [0.25, 0.3) is 0 Å². The largest absolute Gasteiger partial charge is 0.489 e. The minimum absolute atomic E-state index is 0. The molecule has 0 saturated carbocycles. The van der Waals surface area contributed by atoms with Gasteiger partial charge in [0.2, 0.25) is 11.5 Å². The van der Waals surface area contributed by atoms with Crippen molar-refractivity contribution in [2.24, 2.45) is 0 Å². The van der Waals surface area contributed by atoms with Crippen molar-refractivity contribution in [3.8, 4) is 11.5 Å².